The largest absolute Gasteiger partial charge is 0.392 e. The SMILES string of the molecule is CC(Nc1ncnc2[nH]c(-c3ccc(CO)cc3)cc12)C12CC3CC(CC(C3)C1)C2. The van der Waals surface area contributed by atoms with Crippen LogP contribution in [0.3, 0.4) is 0 Å². The zero-order valence-electron chi connectivity index (χ0n) is 17.6. The van der Waals surface area contributed by atoms with Gasteiger partial charge in [0.2, 0.25) is 0 Å². The van der Waals surface area contributed by atoms with Gasteiger partial charge < -0.3 is 15.4 Å². The van der Waals surface area contributed by atoms with Crippen LogP contribution in [0.5, 0.6) is 0 Å². The Morgan fingerprint density at radius 2 is 1.73 bits per heavy atom. The fourth-order valence-electron chi connectivity index (χ4n) is 7.07. The third-order valence-corrected chi connectivity index (χ3v) is 8.23. The summed E-state index contributed by atoms with van der Waals surface area (Å²) in [5.41, 5.74) is 4.34. The minimum atomic E-state index is 0.0642. The summed E-state index contributed by atoms with van der Waals surface area (Å²) in [4.78, 5) is 12.6. The van der Waals surface area contributed by atoms with Crippen LogP contribution in [0.25, 0.3) is 22.3 Å². The van der Waals surface area contributed by atoms with E-state index in [1.165, 1.54) is 38.5 Å². The number of nitrogens with one attached hydrogen (secondary N) is 2. The minimum absolute atomic E-state index is 0.0642. The van der Waals surface area contributed by atoms with Crippen LogP contribution in [0.15, 0.2) is 36.7 Å². The highest BCUT2D eigenvalue weighted by atomic mass is 16.3. The van der Waals surface area contributed by atoms with Gasteiger partial charge in [-0.1, -0.05) is 24.3 Å². The molecule has 1 atom stereocenters. The number of fused-ring (bicyclic) bond motifs is 1. The number of aliphatic hydroxyl groups excluding tert-OH is 1. The van der Waals surface area contributed by atoms with E-state index in [1.54, 1.807) is 6.33 Å². The normalized spacial score (nSPS) is 30.7. The Morgan fingerprint density at radius 1 is 1.07 bits per heavy atom. The summed E-state index contributed by atoms with van der Waals surface area (Å²) in [6.45, 7) is 2.44. The van der Waals surface area contributed by atoms with Crippen molar-refractivity contribution in [3.63, 3.8) is 0 Å². The quantitative estimate of drug-likeness (QED) is 0.553. The van der Waals surface area contributed by atoms with Crippen molar-refractivity contribution < 1.29 is 5.11 Å². The summed E-state index contributed by atoms with van der Waals surface area (Å²) in [6.07, 6.45) is 10.2. The van der Waals surface area contributed by atoms with E-state index < -0.39 is 0 Å². The van der Waals surface area contributed by atoms with Crippen molar-refractivity contribution in [2.75, 3.05) is 5.32 Å². The molecule has 7 rings (SSSR count). The van der Waals surface area contributed by atoms with Crippen molar-refractivity contribution in [2.24, 2.45) is 23.2 Å². The van der Waals surface area contributed by atoms with Crippen molar-refractivity contribution in [1.82, 2.24) is 15.0 Å². The van der Waals surface area contributed by atoms with E-state index in [1.807, 2.05) is 24.3 Å². The molecule has 0 amide bonds. The molecule has 5 heteroatoms. The van der Waals surface area contributed by atoms with Crippen LogP contribution in [0.4, 0.5) is 5.82 Å². The van der Waals surface area contributed by atoms with Gasteiger partial charge in [0.15, 0.2) is 0 Å². The van der Waals surface area contributed by atoms with Gasteiger partial charge in [-0.25, -0.2) is 9.97 Å². The molecule has 4 aliphatic rings. The molecule has 30 heavy (non-hydrogen) atoms. The molecule has 5 nitrogen and oxygen atoms in total. The topological polar surface area (TPSA) is 73.8 Å². The lowest BCUT2D eigenvalue weighted by Crippen LogP contribution is -2.53. The van der Waals surface area contributed by atoms with Gasteiger partial charge >= 0.3 is 0 Å². The first kappa shape index (κ1) is 18.4. The van der Waals surface area contributed by atoms with Gasteiger partial charge in [0.25, 0.3) is 0 Å². The molecular weight excluding hydrogens is 372 g/mol. The monoisotopic (exact) mass is 402 g/mol. The van der Waals surface area contributed by atoms with Crippen molar-refractivity contribution in [3.05, 3.63) is 42.2 Å². The molecule has 2 aromatic heterocycles. The molecule has 3 aromatic rings. The van der Waals surface area contributed by atoms with Crippen LogP contribution in [0.1, 0.15) is 51.0 Å². The predicted molar refractivity (Wildman–Crippen MR) is 119 cm³/mol. The maximum atomic E-state index is 9.29. The molecule has 0 radical (unpaired) electrons. The summed E-state index contributed by atoms with van der Waals surface area (Å²) < 4.78 is 0. The highest BCUT2D eigenvalue weighted by molar-refractivity contribution is 5.91. The number of aromatic nitrogens is 3. The zero-order valence-corrected chi connectivity index (χ0v) is 17.6. The summed E-state index contributed by atoms with van der Waals surface area (Å²) >= 11 is 0. The maximum absolute atomic E-state index is 9.29. The molecule has 0 spiro atoms. The summed E-state index contributed by atoms with van der Waals surface area (Å²) in [5, 5.41) is 14.2. The number of aliphatic hydroxyl groups is 1. The second-order valence-corrected chi connectivity index (χ2v) is 10.2. The summed E-state index contributed by atoms with van der Waals surface area (Å²) in [5.74, 6) is 3.79. The Balaban J connectivity index is 1.30. The number of rotatable bonds is 5. The van der Waals surface area contributed by atoms with Gasteiger partial charge in [-0.05, 0) is 85.8 Å². The highest BCUT2D eigenvalue weighted by Gasteiger charge is 2.53. The van der Waals surface area contributed by atoms with Gasteiger partial charge in [-0.2, -0.15) is 0 Å². The molecule has 156 valence electrons. The number of benzene rings is 1. The summed E-state index contributed by atoms with van der Waals surface area (Å²) in [6, 6.07) is 10.6. The van der Waals surface area contributed by atoms with Crippen molar-refractivity contribution in [3.8, 4) is 11.3 Å². The molecule has 0 saturated heterocycles. The van der Waals surface area contributed by atoms with Gasteiger partial charge in [0, 0.05) is 11.7 Å². The Morgan fingerprint density at radius 3 is 2.37 bits per heavy atom. The average molecular weight is 403 g/mol. The van der Waals surface area contributed by atoms with E-state index in [2.05, 4.69) is 33.3 Å². The third kappa shape index (κ3) is 2.94. The fourth-order valence-corrected chi connectivity index (χ4v) is 7.07. The Kier molecular flexibility index (Phi) is 4.17. The molecule has 4 bridgehead atoms. The van der Waals surface area contributed by atoms with Crippen molar-refractivity contribution in [1.29, 1.82) is 0 Å². The van der Waals surface area contributed by atoms with Crippen molar-refractivity contribution in [2.45, 2.75) is 58.1 Å². The van der Waals surface area contributed by atoms with Crippen LogP contribution in [-0.4, -0.2) is 26.1 Å². The van der Waals surface area contributed by atoms with E-state index in [0.717, 1.165) is 51.4 Å². The molecular formula is C25H30N4O. The van der Waals surface area contributed by atoms with Gasteiger partial charge in [0.05, 0.1) is 12.0 Å². The second kappa shape index (κ2) is 6.81. The fraction of sp³-hybridized carbons (Fsp3) is 0.520. The molecule has 1 aromatic carbocycles. The Labute approximate surface area is 177 Å². The smallest absolute Gasteiger partial charge is 0.143 e. The van der Waals surface area contributed by atoms with Crippen LogP contribution in [-0.2, 0) is 6.61 Å². The Hall–Kier alpha value is -2.40. The van der Waals surface area contributed by atoms with Crippen LogP contribution in [0.2, 0.25) is 0 Å². The molecule has 4 fully saturated rings. The molecule has 0 aliphatic heterocycles. The predicted octanol–water partition coefficient (Wildman–Crippen LogP) is 5.13. The molecule has 4 saturated carbocycles. The molecule has 3 N–H and O–H groups in total. The van der Waals surface area contributed by atoms with Gasteiger partial charge in [-0.3, -0.25) is 0 Å². The highest BCUT2D eigenvalue weighted by Crippen LogP contribution is 2.61. The lowest BCUT2D eigenvalue weighted by Gasteiger charge is -2.59. The first-order valence-corrected chi connectivity index (χ1v) is 11.4. The van der Waals surface area contributed by atoms with Crippen LogP contribution < -0.4 is 5.32 Å². The second-order valence-electron chi connectivity index (χ2n) is 10.2. The van der Waals surface area contributed by atoms with E-state index in [-0.39, 0.29) is 6.61 Å². The number of anilines is 1. The number of hydrogen-bond donors (Lipinski definition) is 3. The number of aromatic amines is 1. The molecule has 4 aliphatic carbocycles. The molecule has 2 heterocycles. The summed E-state index contributed by atoms with van der Waals surface area (Å²) in [7, 11) is 0. The van der Waals surface area contributed by atoms with E-state index in [9.17, 15) is 5.11 Å². The van der Waals surface area contributed by atoms with E-state index >= 15 is 0 Å². The number of nitrogens with zero attached hydrogens (tertiary/aromatic N) is 2. The average Bonchev–Trinajstić information content (AvgIpc) is 3.18. The van der Waals surface area contributed by atoms with Crippen LogP contribution >= 0.6 is 0 Å². The van der Waals surface area contributed by atoms with Gasteiger partial charge in [-0.15, -0.1) is 0 Å². The van der Waals surface area contributed by atoms with E-state index in [0.29, 0.717) is 11.5 Å². The minimum Gasteiger partial charge on any atom is -0.392 e. The zero-order chi connectivity index (χ0) is 20.3. The van der Waals surface area contributed by atoms with E-state index in [4.69, 9.17) is 0 Å². The van der Waals surface area contributed by atoms with Crippen LogP contribution in [0, 0.1) is 23.2 Å². The van der Waals surface area contributed by atoms with Gasteiger partial charge in [0.1, 0.15) is 17.8 Å². The lowest BCUT2D eigenvalue weighted by atomic mass is 9.48. The lowest BCUT2D eigenvalue weighted by molar-refractivity contribution is -0.0602. The number of hydrogen-bond acceptors (Lipinski definition) is 4. The van der Waals surface area contributed by atoms with Crippen molar-refractivity contribution >= 4 is 16.9 Å². The third-order valence-electron chi connectivity index (χ3n) is 8.23. The standard InChI is InChI=1S/C25H30N4O/c1-15(25-10-17-6-18(11-25)8-19(7-17)12-25)28-23-21-9-22(29-24(21)27-14-26-23)20-4-2-16(13-30)3-5-20/h2-5,9,14-15,17-19,30H,6-8,10-13H2,1H3,(H2,26,27,28,29). The first-order valence-electron chi connectivity index (χ1n) is 11.4. The number of H-pyrrole nitrogens is 1. The first-order chi connectivity index (χ1) is 14.6. The maximum Gasteiger partial charge on any atom is 0.143 e. The molecule has 1 unspecified atom stereocenters. The Bertz CT molecular complexity index is 1040.